The minimum atomic E-state index is -3.61. The maximum Gasteiger partial charge on any atom is 0.247 e. The molecule has 0 aliphatic carbocycles. The molecule has 7 nitrogen and oxygen atoms in total. The van der Waals surface area contributed by atoms with E-state index in [1.165, 1.54) is 4.31 Å². The van der Waals surface area contributed by atoms with Crippen LogP contribution in [0.4, 0.5) is 0 Å². The molecule has 1 aromatic rings. The molecule has 1 aliphatic rings. The van der Waals surface area contributed by atoms with Gasteiger partial charge in [-0.15, -0.1) is 0 Å². The van der Waals surface area contributed by atoms with Crippen LogP contribution in [0.15, 0.2) is 4.90 Å². The van der Waals surface area contributed by atoms with E-state index in [1.54, 1.807) is 6.92 Å². The van der Waals surface area contributed by atoms with E-state index in [0.29, 0.717) is 25.3 Å². The average molecular weight is 288 g/mol. The Morgan fingerprint density at radius 3 is 2.74 bits per heavy atom. The Balaban J connectivity index is 2.39. The Hall–Kier alpha value is -0.960. The highest BCUT2D eigenvalue weighted by Gasteiger charge is 2.36. The summed E-state index contributed by atoms with van der Waals surface area (Å²) in [5.74, 6) is 0. The predicted octanol–water partition coefficient (Wildman–Crippen LogP) is -0.465. The Morgan fingerprint density at radius 1 is 1.47 bits per heavy atom. The highest BCUT2D eigenvalue weighted by Crippen LogP contribution is 2.25. The van der Waals surface area contributed by atoms with Gasteiger partial charge >= 0.3 is 0 Å². The number of hydrogen-bond acceptors (Lipinski definition) is 5. The van der Waals surface area contributed by atoms with E-state index in [1.807, 2.05) is 14.0 Å². The van der Waals surface area contributed by atoms with Gasteiger partial charge in [-0.25, -0.2) is 8.42 Å². The normalized spacial score (nSPS) is 22.8. The number of nitrogens with one attached hydrogen (secondary N) is 1. The monoisotopic (exact) mass is 288 g/mol. The van der Waals surface area contributed by atoms with Gasteiger partial charge < -0.3 is 10.0 Å². The summed E-state index contributed by atoms with van der Waals surface area (Å²) in [5, 5.41) is 15.7. The lowest BCUT2D eigenvalue weighted by Gasteiger charge is -2.37. The van der Waals surface area contributed by atoms with Crippen molar-refractivity contribution in [3.05, 3.63) is 11.4 Å². The second kappa shape index (κ2) is 5.20. The van der Waals surface area contributed by atoms with Crippen LogP contribution in [0.3, 0.4) is 0 Å². The molecule has 19 heavy (non-hydrogen) atoms. The summed E-state index contributed by atoms with van der Waals surface area (Å²) in [6.07, 6.45) is 0. The van der Waals surface area contributed by atoms with Gasteiger partial charge in [0.15, 0.2) is 0 Å². The number of hydrogen-bond donors (Lipinski definition) is 2. The molecule has 1 atom stereocenters. The van der Waals surface area contributed by atoms with E-state index in [-0.39, 0.29) is 23.2 Å². The number of likely N-dealkylation sites (N-methyl/N-ethyl adjacent to an activating group) is 1. The first-order valence-electron chi connectivity index (χ1n) is 6.23. The Bertz CT molecular complexity index is 554. The molecule has 8 heteroatoms. The number of aliphatic hydroxyl groups is 1. The first-order valence-corrected chi connectivity index (χ1v) is 7.67. The number of aliphatic hydroxyl groups excluding tert-OH is 1. The second-order valence-corrected chi connectivity index (χ2v) is 6.84. The summed E-state index contributed by atoms with van der Waals surface area (Å²) >= 11 is 0. The van der Waals surface area contributed by atoms with E-state index >= 15 is 0 Å². The molecule has 1 saturated heterocycles. The Morgan fingerprint density at radius 2 is 2.16 bits per heavy atom. The van der Waals surface area contributed by atoms with Crippen LogP contribution in [0.25, 0.3) is 0 Å². The lowest BCUT2D eigenvalue weighted by molar-refractivity contribution is 0.170. The molecule has 0 spiro atoms. The topological polar surface area (TPSA) is 89.5 Å². The smallest absolute Gasteiger partial charge is 0.247 e. The molecule has 1 aromatic heterocycles. The number of sulfonamides is 1. The van der Waals surface area contributed by atoms with Crippen molar-refractivity contribution in [1.82, 2.24) is 19.4 Å². The average Bonchev–Trinajstić information content (AvgIpc) is 2.70. The molecule has 2 heterocycles. The lowest BCUT2D eigenvalue weighted by Crippen LogP contribution is -2.52. The first-order chi connectivity index (χ1) is 8.87. The molecule has 0 amide bonds. The van der Waals surface area contributed by atoms with Crippen molar-refractivity contribution in [1.29, 1.82) is 0 Å². The van der Waals surface area contributed by atoms with Crippen LogP contribution in [0.1, 0.15) is 18.3 Å². The maximum atomic E-state index is 12.7. The van der Waals surface area contributed by atoms with Gasteiger partial charge in [-0.05, 0) is 20.9 Å². The summed E-state index contributed by atoms with van der Waals surface area (Å²) in [5.41, 5.74) is 0.652. The maximum absolute atomic E-state index is 12.7. The van der Waals surface area contributed by atoms with Gasteiger partial charge in [-0.2, -0.15) is 9.40 Å². The van der Waals surface area contributed by atoms with E-state index in [0.717, 1.165) is 0 Å². The van der Waals surface area contributed by atoms with E-state index < -0.39 is 10.0 Å². The molecule has 108 valence electrons. The number of piperazine rings is 1. The number of aryl methyl sites for hydroxylation is 1. The molecule has 2 N–H and O–H groups in total. The van der Waals surface area contributed by atoms with Crippen molar-refractivity contribution in [2.75, 3.05) is 26.7 Å². The van der Waals surface area contributed by atoms with Crippen molar-refractivity contribution >= 4 is 10.0 Å². The van der Waals surface area contributed by atoms with Gasteiger partial charge in [0.2, 0.25) is 10.0 Å². The highest BCUT2D eigenvalue weighted by molar-refractivity contribution is 7.89. The van der Waals surface area contributed by atoms with Crippen molar-refractivity contribution in [3.8, 4) is 0 Å². The van der Waals surface area contributed by atoms with Crippen LogP contribution in [0.5, 0.6) is 0 Å². The van der Waals surface area contributed by atoms with Crippen LogP contribution >= 0.6 is 0 Å². The molecule has 1 unspecified atom stereocenters. The van der Waals surface area contributed by atoms with Crippen LogP contribution < -0.4 is 0 Å². The fourth-order valence-electron chi connectivity index (χ4n) is 2.52. The van der Waals surface area contributed by atoms with Crippen molar-refractivity contribution in [2.24, 2.45) is 0 Å². The number of aromatic nitrogens is 2. The quantitative estimate of drug-likeness (QED) is 0.785. The van der Waals surface area contributed by atoms with Crippen molar-refractivity contribution in [3.63, 3.8) is 0 Å². The highest BCUT2D eigenvalue weighted by atomic mass is 32.2. The zero-order chi connectivity index (χ0) is 14.2. The predicted molar refractivity (Wildman–Crippen MR) is 70.1 cm³/mol. The summed E-state index contributed by atoms with van der Waals surface area (Å²) in [7, 11) is -1.64. The molecule has 0 saturated carbocycles. The molecule has 0 bridgehead atoms. The third-order valence-corrected chi connectivity index (χ3v) is 5.66. The van der Waals surface area contributed by atoms with E-state index in [4.69, 9.17) is 0 Å². The van der Waals surface area contributed by atoms with Crippen molar-refractivity contribution < 1.29 is 13.5 Å². The second-order valence-electron chi connectivity index (χ2n) is 5.01. The molecule has 0 radical (unpaired) electrons. The SMILES string of the molecule is Cc1[nH]nc(CO)c1S(=O)(=O)N1CCN(C)CC1C. The van der Waals surface area contributed by atoms with Crippen LogP contribution in [0.2, 0.25) is 0 Å². The van der Waals surface area contributed by atoms with Crippen LogP contribution in [-0.2, 0) is 16.6 Å². The fourth-order valence-corrected chi connectivity index (χ4v) is 4.45. The summed E-state index contributed by atoms with van der Waals surface area (Å²) in [4.78, 5) is 2.22. The van der Waals surface area contributed by atoms with Crippen LogP contribution in [-0.4, -0.2) is 65.7 Å². The number of rotatable bonds is 3. The van der Waals surface area contributed by atoms with Gasteiger partial charge in [-0.3, -0.25) is 5.10 Å². The van der Waals surface area contributed by atoms with Gasteiger partial charge in [0, 0.05) is 25.7 Å². The zero-order valence-corrected chi connectivity index (χ0v) is 12.2. The molecular formula is C11H20N4O3S. The van der Waals surface area contributed by atoms with E-state index in [9.17, 15) is 13.5 Å². The Kier molecular flexibility index (Phi) is 3.95. The molecule has 2 rings (SSSR count). The van der Waals surface area contributed by atoms with E-state index in [2.05, 4.69) is 15.1 Å². The molecular weight excluding hydrogens is 268 g/mol. The largest absolute Gasteiger partial charge is 0.390 e. The van der Waals surface area contributed by atoms with Gasteiger partial charge in [-0.1, -0.05) is 0 Å². The summed E-state index contributed by atoms with van der Waals surface area (Å²) < 4.78 is 26.9. The summed E-state index contributed by atoms with van der Waals surface area (Å²) in [6.45, 7) is 5.01. The Labute approximate surface area is 113 Å². The molecule has 1 fully saturated rings. The van der Waals surface area contributed by atoms with Crippen molar-refractivity contribution in [2.45, 2.75) is 31.4 Å². The van der Waals surface area contributed by atoms with Gasteiger partial charge in [0.1, 0.15) is 10.6 Å². The number of aromatic amines is 1. The van der Waals surface area contributed by atoms with Crippen LogP contribution in [0, 0.1) is 6.92 Å². The summed E-state index contributed by atoms with van der Waals surface area (Å²) in [6, 6.07) is -0.0930. The number of nitrogens with zero attached hydrogens (tertiary/aromatic N) is 3. The minimum Gasteiger partial charge on any atom is -0.390 e. The lowest BCUT2D eigenvalue weighted by atomic mass is 10.2. The molecule has 0 aromatic carbocycles. The minimum absolute atomic E-state index is 0.0930. The fraction of sp³-hybridized carbons (Fsp3) is 0.727. The zero-order valence-electron chi connectivity index (χ0n) is 11.4. The van der Waals surface area contributed by atoms with Gasteiger partial charge in [0.05, 0.1) is 12.3 Å². The third-order valence-electron chi connectivity index (χ3n) is 3.45. The third kappa shape index (κ3) is 2.53. The molecule has 1 aliphatic heterocycles. The first kappa shape index (κ1) is 14.4. The standard InChI is InChI=1S/C11H20N4O3S/c1-8-6-14(3)4-5-15(8)19(17,18)11-9(2)12-13-10(11)7-16/h8,16H,4-7H2,1-3H3,(H,12,13). The number of H-pyrrole nitrogens is 1. The van der Waals surface area contributed by atoms with Gasteiger partial charge in [0.25, 0.3) is 0 Å².